The van der Waals surface area contributed by atoms with Gasteiger partial charge < -0.3 is 0 Å². The first-order valence-electron chi connectivity index (χ1n) is 8.97. The van der Waals surface area contributed by atoms with E-state index < -0.39 is 7.92 Å². The average Bonchev–Trinajstić information content (AvgIpc) is 2.70. The van der Waals surface area contributed by atoms with E-state index in [2.05, 4.69) is 24.3 Å². The van der Waals surface area contributed by atoms with E-state index in [-0.39, 0.29) is 5.52 Å². The Hall–Kier alpha value is -2.83. The van der Waals surface area contributed by atoms with Crippen molar-refractivity contribution in [2.24, 2.45) is 0 Å². The van der Waals surface area contributed by atoms with Gasteiger partial charge in [-0.2, -0.15) is 0 Å². The van der Waals surface area contributed by atoms with Gasteiger partial charge in [0.1, 0.15) is 0 Å². The van der Waals surface area contributed by atoms with Crippen molar-refractivity contribution in [2.75, 3.05) is 0 Å². The summed E-state index contributed by atoms with van der Waals surface area (Å²) in [6, 6.07) is 28.2. The van der Waals surface area contributed by atoms with Crippen LogP contribution in [0.4, 0.5) is 0 Å². The Balaban J connectivity index is 1.92. The molecule has 0 unspecified atom stereocenters. The van der Waals surface area contributed by atoms with Crippen LogP contribution in [0.5, 0.6) is 0 Å². The number of hydrogen-bond donors (Lipinski definition) is 0. The van der Waals surface area contributed by atoms with Gasteiger partial charge in [-0.15, -0.1) is 0 Å². The molecule has 132 valence electrons. The highest BCUT2D eigenvalue weighted by molar-refractivity contribution is 7.88. The average molecular weight is 369 g/mol. The molecule has 0 spiro atoms. The summed E-state index contributed by atoms with van der Waals surface area (Å²) in [5, 5.41) is 3.17. The van der Waals surface area contributed by atoms with Crippen molar-refractivity contribution in [1.82, 2.24) is 4.98 Å². The van der Waals surface area contributed by atoms with E-state index in [1.807, 2.05) is 74.5 Å². The third kappa shape index (κ3) is 3.29. The van der Waals surface area contributed by atoms with Crippen molar-refractivity contribution in [1.29, 1.82) is 0 Å². The van der Waals surface area contributed by atoms with Crippen molar-refractivity contribution in [3.05, 3.63) is 102 Å². The van der Waals surface area contributed by atoms with Crippen molar-refractivity contribution in [2.45, 2.75) is 13.8 Å². The molecular formula is C24H20NOP. The van der Waals surface area contributed by atoms with Crippen molar-refractivity contribution >= 4 is 35.0 Å². The lowest BCUT2D eigenvalue weighted by molar-refractivity contribution is 0.108. The molecule has 0 aliphatic heterocycles. The van der Waals surface area contributed by atoms with Gasteiger partial charge in [-0.3, -0.25) is 9.78 Å². The van der Waals surface area contributed by atoms with Gasteiger partial charge in [-0.25, -0.2) is 0 Å². The van der Waals surface area contributed by atoms with E-state index in [4.69, 9.17) is 4.98 Å². The highest BCUT2D eigenvalue weighted by Gasteiger charge is 2.27. The Bertz CT molecular complexity index is 1070. The minimum Gasteiger partial charge on any atom is -0.288 e. The number of hydrogen-bond acceptors (Lipinski definition) is 2. The quantitative estimate of drug-likeness (QED) is 0.467. The number of aromatic nitrogens is 1. The summed E-state index contributed by atoms with van der Waals surface area (Å²) in [7, 11) is -1.16. The summed E-state index contributed by atoms with van der Waals surface area (Å²) in [5.41, 5.74) is 3.67. The largest absolute Gasteiger partial charge is 0.288 e. The van der Waals surface area contributed by atoms with E-state index in [9.17, 15) is 4.79 Å². The molecule has 0 saturated carbocycles. The predicted molar refractivity (Wildman–Crippen MR) is 115 cm³/mol. The Morgan fingerprint density at radius 3 is 1.85 bits per heavy atom. The summed E-state index contributed by atoms with van der Waals surface area (Å²) in [6.07, 6.45) is 0. The van der Waals surface area contributed by atoms with Crippen LogP contribution >= 0.6 is 7.92 Å². The molecule has 3 heteroatoms. The zero-order valence-corrected chi connectivity index (χ0v) is 16.3. The number of pyridine rings is 1. The first-order chi connectivity index (χ1) is 13.2. The molecule has 0 aliphatic rings. The third-order valence-electron chi connectivity index (χ3n) is 4.78. The van der Waals surface area contributed by atoms with Crippen LogP contribution in [0, 0.1) is 13.8 Å². The maximum absolute atomic E-state index is 13.8. The third-order valence-corrected chi connectivity index (χ3v) is 7.04. The molecule has 1 heterocycles. The molecular weight excluding hydrogens is 349 g/mol. The summed E-state index contributed by atoms with van der Waals surface area (Å²) in [4.78, 5) is 18.5. The number of fused-ring (bicyclic) bond motifs is 1. The standard InChI is InChI=1S/C24H20NOP/c1-17-21-15-9-10-16-22(21)25-18(2)23(17)24(26)27(19-11-5-3-6-12-19)20-13-7-4-8-14-20/h3-16H,1-2H3. The number of carbonyl (C=O) groups excluding carboxylic acids is 1. The van der Waals surface area contributed by atoms with E-state index in [0.717, 1.165) is 38.3 Å². The zero-order valence-electron chi connectivity index (χ0n) is 15.4. The minimum absolute atomic E-state index is 0.163. The van der Waals surface area contributed by atoms with E-state index in [0.29, 0.717) is 0 Å². The second-order valence-electron chi connectivity index (χ2n) is 6.53. The first-order valence-corrected chi connectivity index (χ1v) is 10.3. The molecule has 0 aliphatic carbocycles. The lowest BCUT2D eigenvalue weighted by Crippen LogP contribution is -2.20. The Morgan fingerprint density at radius 1 is 0.741 bits per heavy atom. The van der Waals surface area contributed by atoms with Gasteiger partial charge in [0.05, 0.1) is 5.52 Å². The highest BCUT2D eigenvalue weighted by Crippen LogP contribution is 2.40. The number of rotatable bonds is 4. The lowest BCUT2D eigenvalue weighted by atomic mass is 10.0. The predicted octanol–water partition coefficient (Wildman–Crippen LogP) is 5.12. The SMILES string of the molecule is Cc1nc2ccccc2c(C)c1C(=O)P(c1ccccc1)c1ccccc1. The first kappa shape index (κ1) is 17.6. The topological polar surface area (TPSA) is 30.0 Å². The van der Waals surface area contributed by atoms with E-state index >= 15 is 0 Å². The van der Waals surface area contributed by atoms with Crippen LogP contribution in [0.15, 0.2) is 84.9 Å². The molecule has 0 saturated heterocycles. The summed E-state index contributed by atoms with van der Waals surface area (Å²) < 4.78 is 0. The Labute approximate surface area is 160 Å². The second-order valence-corrected chi connectivity index (χ2v) is 8.64. The van der Waals surface area contributed by atoms with E-state index in [1.54, 1.807) is 0 Å². The molecule has 2 nitrogen and oxygen atoms in total. The van der Waals surface area contributed by atoms with Gasteiger partial charge in [-0.1, -0.05) is 78.9 Å². The zero-order chi connectivity index (χ0) is 18.8. The van der Waals surface area contributed by atoms with Crippen LogP contribution in [-0.4, -0.2) is 10.5 Å². The number of para-hydroxylation sites is 1. The van der Waals surface area contributed by atoms with Gasteiger partial charge in [0.25, 0.3) is 0 Å². The molecule has 27 heavy (non-hydrogen) atoms. The maximum Gasteiger partial charge on any atom is 0.195 e. The fourth-order valence-electron chi connectivity index (χ4n) is 3.50. The summed E-state index contributed by atoms with van der Waals surface area (Å²) >= 11 is 0. The van der Waals surface area contributed by atoms with Crippen LogP contribution in [0.3, 0.4) is 0 Å². The molecule has 4 aromatic rings. The molecule has 1 aromatic heterocycles. The van der Waals surface area contributed by atoms with Gasteiger partial charge in [-0.05, 0) is 36.1 Å². The van der Waals surface area contributed by atoms with Crippen LogP contribution in [0.1, 0.15) is 21.6 Å². The number of benzene rings is 3. The summed E-state index contributed by atoms with van der Waals surface area (Å²) in [5.74, 6) is 0. The molecule has 0 bridgehead atoms. The monoisotopic (exact) mass is 369 g/mol. The van der Waals surface area contributed by atoms with Gasteiger partial charge in [0.2, 0.25) is 0 Å². The number of nitrogens with zero attached hydrogens (tertiary/aromatic N) is 1. The molecule has 0 amide bonds. The van der Waals surface area contributed by atoms with Crippen LogP contribution in [0.2, 0.25) is 0 Å². The lowest BCUT2D eigenvalue weighted by Gasteiger charge is -2.20. The summed E-state index contributed by atoms with van der Waals surface area (Å²) in [6.45, 7) is 3.98. The molecule has 4 rings (SSSR count). The van der Waals surface area contributed by atoms with Crippen molar-refractivity contribution in [3.8, 4) is 0 Å². The number of carbonyl (C=O) groups is 1. The van der Waals surface area contributed by atoms with Crippen molar-refractivity contribution < 1.29 is 4.79 Å². The maximum atomic E-state index is 13.8. The van der Waals surface area contributed by atoms with Crippen LogP contribution in [0.25, 0.3) is 10.9 Å². The second kappa shape index (κ2) is 7.42. The smallest absolute Gasteiger partial charge is 0.195 e. The highest BCUT2D eigenvalue weighted by atomic mass is 31.1. The molecule has 3 aromatic carbocycles. The molecule has 0 N–H and O–H groups in total. The molecule has 0 fully saturated rings. The fraction of sp³-hybridized carbons (Fsp3) is 0.0833. The van der Waals surface area contributed by atoms with Crippen LogP contribution < -0.4 is 10.6 Å². The van der Waals surface area contributed by atoms with Crippen LogP contribution in [-0.2, 0) is 0 Å². The Morgan fingerprint density at radius 2 is 1.26 bits per heavy atom. The minimum atomic E-state index is -1.16. The molecule has 0 radical (unpaired) electrons. The molecule has 0 atom stereocenters. The Kier molecular flexibility index (Phi) is 4.83. The fourth-order valence-corrected chi connectivity index (χ4v) is 5.76. The number of aryl methyl sites for hydroxylation is 2. The van der Waals surface area contributed by atoms with E-state index in [1.165, 1.54) is 0 Å². The van der Waals surface area contributed by atoms with Gasteiger partial charge >= 0.3 is 0 Å². The normalized spacial score (nSPS) is 11.1. The van der Waals surface area contributed by atoms with Gasteiger partial charge in [0, 0.05) is 24.6 Å². The van der Waals surface area contributed by atoms with Crippen molar-refractivity contribution in [3.63, 3.8) is 0 Å². The van der Waals surface area contributed by atoms with Gasteiger partial charge in [0.15, 0.2) is 5.52 Å².